The highest BCUT2D eigenvalue weighted by atomic mass is 16.5. The van der Waals surface area contributed by atoms with Gasteiger partial charge in [-0.05, 0) is 12.8 Å². The monoisotopic (exact) mass is 252 g/mol. The SMILES string of the molecule is CCCC1(C(=O)O)CCN(C(=O)c2ccon2)C1. The number of carboxylic acids is 1. The molecule has 0 aliphatic carbocycles. The average molecular weight is 252 g/mol. The summed E-state index contributed by atoms with van der Waals surface area (Å²) >= 11 is 0. The van der Waals surface area contributed by atoms with Crippen LogP contribution in [-0.2, 0) is 4.79 Å². The third-order valence-electron chi connectivity index (χ3n) is 3.48. The van der Waals surface area contributed by atoms with Gasteiger partial charge in [-0.3, -0.25) is 9.59 Å². The minimum absolute atomic E-state index is 0.229. The number of hydrogen-bond donors (Lipinski definition) is 1. The Balaban J connectivity index is 2.11. The highest BCUT2D eigenvalue weighted by molar-refractivity contribution is 5.93. The van der Waals surface area contributed by atoms with Crippen LogP contribution in [0.2, 0.25) is 0 Å². The van der Waals surface area contributed by atoms with Gasteiger partial charge < -0.3 is 14.5 Å². The molecule has 1 N–H and O–H groups in total. The maximum Gasteiger partial charge on any atom is 0.311 e. The molecule has 1 unspecified atom stereocenters. The van der Waals surface area contributed by atoms with Gasteiger partial charge in [-0.25, -0.2) is 0 Å². The maximum absolute atomic E-state index is 12.0. The van der Waals surface area contributed by atoms with Crippen molar-refractivity contribution < 1.29 is 19.2 Å². The molecule has 0 saturated carbocycles. The fourth-order valence-electron chi connectivity index (χ4n) is 2.49. The zero-order valence-electron chi connectivity index (χ0n) is 10.3. The summed E-state index contributed by atoms with van der Waals surface area (Å²) in [7, 11) is 0. The van der Waals surface area contributed by atoms with Crippen LogP contribution in [0.5, 0.6) is 0 Å². The average Bonchev–Trinajstić information content (AvgIpc) is 2.98. The molecule has 2 rings (SSSR count). The Bertz CT molecular complexity index is 443. The van der Waals surface area contributed by atoms with Gasteiger partial charge in [-0.1, -0.05) is 18.5 Å². The summed E-state index contributed by atoms with van der Waals surface area (Å²) < 4.78 is 4.63. The van der Waals surface area contributed by atoms with E-state index in [4.69, 9.17) is 0 Å². The third-order valence-corrected chi connectivity index (χ3v) is 3.48. The zero-order chi connectivity index (χ0) is 13.2. The van der Waals surface area contributed by atoms with Gasteiger partial charge in [0.15, 0.2) is 5.69 Å². The number of rotatable bonds is 4. The summed E-state index contributed by atoms with van der Waals surface area (Å²) in [6.45, 7) is 2.66. The van der Waals surface area contributed by atoms with Crippen molar-refractivity contribution in [3.05, 3.63) is 18.0 Å². The zero-order valence-corrected chi connectivity index (χ0v) is 10.3. The van der Waals surface area contributed by atoms with Crippen molar-refractivity contribution in [2.24, 2.45) is 5.41 Å². The van der Waals surface area contributed by atoms with E-state index in [0.717, 1.165) is 6.42 Å². The molecule has 0 aromatic carbocycles. The van der Waals surface area contributed by atoms with Gasteiger partial charge in [0.1, 0.15) is 6.26 Å². The van der Waals surface area contributed by atoms with Gasteiger partial charge in [-0.2, -0.15) is 0 Å². The summed E-state index contributed by atoms with van der Waals surface area (Å²) in [6.07, 6.45) is 3.21. The quantitative estimate of drug-likeness (QED) is 0.875. The van der Waals surface area contributed by atoms with Crippen molar-refractivity contribution in [2.75, 3.05) is 13.1 Å². The lowest BCUT2D eigenvalue weighted by atomic mass is 9.83. The van der Waals surface area contributed by atoms with E-state index in [1.807, 2.05) is 6.92 Å². The van der Waals surface area contributed by atoms with Crippen LogP contribution in [0.3, 0.4) is 0 Å². The van der Waals surface area contributed by atoms with Gasteiger partial charge in [-0.15, -0.1) is 0 Å². The normalized spacial score (nSPS) is 23.3. The number of amides is 1. The van der Waals surface area contributed by atoms with E-state index in [1.165, 1.54) is 12.3 Å². The molecular formula is C12H16N2O4. The number of nitrogens with zero attached hydrogens (tertiary/aromatic N) is 2. The summed E-state index contributed by atoms with van der Waals surface area (Å²) in [6, 6.07) is 1.49. The summed E-state index contributed by atoms with van der Waals surface area (Å²) in [5.41, 5.74) is -0.568. The number of hydrogen-bond acceptors (Lipinski definition) is 4. The van der Waals surface area contributed by atoms with Gasteiger partial charge in [0.05, 0.1) is 5.41 Å². The highest BCUT2D eigenvalue weighted by Crippen LogP contribution is 2.36. The van der Waals surface area contributed by atoms with E-state index < -0.39 is 11.4 Å². The lowest BCUT2D eigenvalue weighted by molar-refractivity contribution is -0.148. The molecule has 1 fully saturated rings. The fraction of sp³-hybridized carbons (Fsp3) is 0.583. The Morgan fingerprint density at radius 3 is 2.94 bits per heavy atom. The van der Waals surface area contributed by atoms with E-state index in [-0.39, 0.29) is 18.1 Å². The first kappa shape index (κ1) is 12.6. The first-order valence-electron chi connectivity index (χ1n) is 6.02. The largest absolute Gasteiger partial charge is 0.481 e. The minimum Gasteiger partial charge on any atom is -0.481 e. The molecule has 0 bridgehead atoms. The van der Waals surface area contributed by atoms with E-state index >= 15 is 0 Å². The van der Waals surface area contributed by atoms with Gasteiger partial charge >= 0.3 is 5.97 Å². The first-order valence-corrected chi connectivity index (χ1v) is 6.02. The Morgan fingerprint density at radius 2 is 2.39 bits per heavy atom. The number of carboxylic acid groups (broad SMARTS) is 1. The maximum atomic E-state index is 12.0. The molecule has 1 aliphatic rings. The summed E-state index contributed by atoms with van der Waals surface area (Å²) in [4.78, 5) is 25.0. The minimum atomic E-state index is -0.820. The van der Waals surface area contributed by atoms with Crippen LogP contribution in [0.4, 0.5) is 0 Å². The van der Waals surface area contributed by atoms with Gasteiger partial charge in [0.2, 0.25) is 0 Å². The second kappa shape index (κ2) is 4.80. The Morgan fingerprint density at radius 1 is 1.61 bits per heavy atom. The molecule has 6 nitrogen and oxygen atoms in total. The van der Waals surface area contributed by atoms with Crippen LogP contribution in [0.25, 0.3) is 0 Å². The predicted molar refractivity (Wildman–Crippen MR) is 62.0 cm³/mol. The molecule has 1 amide bonds. The van der Waals surface area contributed by atoms with E-state index in [0.29, 0.717) is 19.4 Å². The Labute approximate surface area is 105 Å². The van der Waals surface area contributed by atoms with Crippen LogP contribution in [-0.4, -0.2) is 40.1 Å². The molecule has 0 spiro atoms. The molecule has 2 heterocycles. The number of carbonyl (C=O) groups is 2. The van der Waals surface area contributed by atoms with E-state index in [1.54, 1.807) is 4.90 Å². The molecule has 1 saturated heterocycles. The van der Waals surface area contributed by atoms with E-state index in [2.05, 4.69) is 9.68 Å². The molecule has 18 heavy (non-hydrogen) atoms. The molecule has 6 heteroatoms. The number of aromatic nitrogens is 1. The summed E-state index contributed by atoms with van der Waals surface area (Å²) in [5.74, 6) is -1.08. The van der Waals surface area contributed by atoms with Crippen molar-refractivity contribution >= 4 is 11.9 Å². The third kappa shape index (κ3) is 2.10. The molecular weight excluding hydrogens is 236 g/mol. The fourth-order valence-corrected chi connectivity index (χ4v) is 2.49. The standard InChI is InChI=1S/C12H16N2O4/c1-2-4-12(11(16)17)5-6-14(8-12)10(15)9-3-7-18-13-9/h3,7H,2,4-6,8H2,1H3,(H,16,17). The van der Waals surface area contributed by atoms with Crippen LogP contribution in [0.15, 0.2) is 16.9 Å². The molecule has 98 valence electrons. The number of carbonyl (C=O) groups excluding carboxylic acids is 1. The molecule has 1 aromatic heterocycles. The van der Waals surface area contributed by atoms with Crippen molar-refractivity contribution in [1.82, 2.24) is 10.1 Å². The number of aliphatic carboxylic acids is 1. The Kier molecular flexibility index (Phi) is 3.36. The smallest absolute Gasteiger partial charge is 0.311 e. The number of likely N-dealkylation sites (tertiary alicyclic amines) is 1. The van der Waals surface area contributed by atoms with Crippen molar-refractivity contribution in [1.29, 1.82) is 0 Å². The lowest BCUT2D eigenvalue weighted by Crippen LogP contribution is -2.37. The topological polar surface area (TPSA) is 83.6 Å². The van der Waals surface area contributed by atoms with Crippen molar-refractivity contribution in [3.8, 4) is 0 Å². The summed E-state index contributed by atoms with van der Waals surface area (Å²) in [5, 5.41) is 12.9. The van der Waals surface area contributed by atoms with Gasteiger partial charge in [0, 0.05) is 19.2 Å². The van der Waals surface area contributed by atoms with E-state index in [9.17, 15) is 14.7 Å². The van der Waals surface area contributed by atoms with Gasteiger partial charge in [0.25, 0.3) is 5.91 Å². The van der Waals surface area contributed by atoms with Crippen LogP contribution < -0.4 is 0 Å². The van der Waals surface area contributed by atoms with Crippen LogP contribution >= 0.6 is 0 Å². The van der Waals surface area contributed by atoms with Crippen molar-refractivity contribution in [2.45, 2.75) is 26.2 Å². The molecule has 0 radical (unpaired) electrons. The molecule has 1 aliphatic heterocycles. The second-order valence-electron chi connectivity index (χ2n) is 4.70. The second-order valence-corrected chi connectivity index (χ2v) is 4.70. The molecule has 1 atom stereocenters. The molecule has 1 aromatic rings. The van der Waals surface area contributed by atoms with Crippen molar-refractivity contribution in [3.63, 3.8) is 0 Å². The lowest BCUT2D eigenvalue weighted by Gasteiger charge is -2.23. The van der Waals surface area contributed by atoms with Crippen LogP contribution in [0.1, 0.15) is 36.7 Å². The Hall–Kier alpha value is -1.85. The highest BCUT2D eigenvalue weighted by Gasteiger charge is 2.45. The predicted octanol–water partition coefficient (Wildman–Crippen LogP) is 1.39. The van der Waals surface area contributed by atoms with Crippen LogP contribution in [0, 0.1) is 5.41 Å². The first-order chi connectivity index (χ1) is 8.59.